The number of nitrogen functional groups attached to an aromatic ring is 1. The van der Waals surface area contributed by atoms with E-state index in [1.807, 2.05) is 35.7 Å². The minimum Gasteiger partial charge on any atom is -0.398 e. The Balaban J connectivity index is 1.72. The van der Waals surface area contributed by atoms with Crippen LogP contribution in [-0.2, 0) is 0 Å². The molecule has 0 aliphatic rings. The topological polar surface area (TPSA) is 96.9 Å². The van der Waals surface area contributed by atoms with Crippen LogP contribution < -0.4 is 11.1 Å². The van der Waals surface area contributed by atoms with E-state index in [1.165, 1.54) is 11.8 Å². The number of nitrogens with zero attached hydrogens (tertiary/aromatic N) is 4. The van der Waals surface area contributed by atoms with Crippen LogP contribution >= 0.6 is 23.4 Å². The zero-order chi connectivity index (χ0) is 17.4. The van der Waals surface area contributed by atoms with Crippen molar-refractivity contribution < 1.29 is 0 Å². The molecule has 0 bridgehead atoms. The molecule has 25 heavy (non-hydrogen) atoms. The number of imidazole rings is 1. The van der Waals surface area contributed by atoms with Crippen molar-refractivity contribution in [2.45, 2.75) is 16.8 Å². The van der Waals surface area contributed by atoms with E-state index >= 15 is 0 Å². The van der Waals surface area contributed by atoms with E-state index in [2.05, 4.69) is 25.5 Å². The van der Waals surface area contributed by atoms with Crippen molar-refractivity contribution in [3.05, 3.63) is 53.4 Å². The van der Waals surface area contributed by atoms with Gasteiger partial charge in [-0.1, -0.05) is 23.4 Å². The third-order valence-electron chi connectivity index (χ3n) is 3.50. The number of hydrogen-bond acceptors (Lipinski definition) is 6. The third kappa shape index (κ3) is 3.26. The maximum absolute atomic E-state index is 6.04. The van der Waals surface area contributed by atoms with Gasteiger partial charge in [-0.2, -0.15) is 5.10 Å². The highest BCUT2D eigenvalue weighted by molar-refractivity contribution is 7.99. The van der Waals surface area contributed by atoms with Gasteiger partial charge in [0.05, 0.1) is 0 Å². The van der Waals surface area contributed by atoms with Gasteiger partial charge in [-0.05, 0) is 25.1 Å². The quantitative estimate of drug-likeness (QED) is 0.372. The fourth-order valence-corrected chi connectivity index (χ4v) is 3.38. The second-order valence-corrected chi connectivity index (χ2v) is 6.92. The highest BCUT2D eigenvalue weighted by Gasteiger charge is 2.11. The Labute approximate surface area is 152 Å². The normalized spacial score (nSPS) is 11.1. The summed E-state index contributed by atoms with van der Waals surface area (Å²) in [6.07, 6.45) is 3.57. The average molecular weight is 372 g/mol. The Bertz CT molecular complexity index is 1060. The van der Waals surface area contributed by atoms with Gasteiger partial charge >= 0.3 is 0 Å². The van der Waals surface area contributed by atoms with Gasteiger partial charge < -0.3 is 11.1 Å². The number of hydrogen-bond donors (Lipinski definition) is 3. The molecule has 0 fully saturated rings. The molecule has 0 amide bonds. The molecule has 3 heterocycles. The van der Waals surface area contributed by atoms with Gasteiger partial charge in [0.15, 0.2) is 5.82 Å². The number of nitrogens with two attached hydrogens (primary N) is 1. The van der Waals surface area contributed by atoms with E-state index in [-0.39, 0.29) is 0 Å². The van der Waals surface area contributed by atoms with E-state index in [4.69, 9.17) is 17.3 Å². The van der Waals surface area contributed by atoms with Crippen LogP contribution in [0.2, 0.25) is 5.02 Å². The fraction of sp³-hybridized carbons (Fsp3) is 0.0625. The van der Waals surface area contributed by atoms with E-state index in [1.54, 1.807) is 18.3 Å². The fourth-order valence-electron chi connectivity index (χ4n) is 2.36. The van der Waals surface area contributed by atoms with Crippen LogP contribution in [0, 0.1) is 6.92 Å². The van der Waals surface area contributed by atoms with Gasteiger partial charge in [-0.3, -0.25) is 9.50 Å². The van der Waals surface area contributed by atoms with Crippen molar-refractivity contribution in [2.24, 2.45) is 0 Å². The Morgan fingerprint density at radius 3 is 2.92 bits per heavy atom. The number of H-pyrrole nitrogens is 1. The van der Waals surface area contributed by atoms with Crippen LogP contribution in [0.15, 0.2) is 52.6 Å². The molecular formula is C16H14ClN7S. The highest BCUT2D eigenvalue weighted by atomic mass is 35.5. The Hall–Kier alpha value is -2.71. The van der Waals surface area contributed by atoms with Gasteiger partial charge in [0.1, 0.15) is 10.7 Å². The molecule has 1 aromatic carbocycles. The number of aryl methyl sites for hydroxylation is 1. The summed E-state index contributed by atoms with van der Waals surface area (Å²) in [6.45, 7) is 1.94. The largest absolute Gasteiger partial charge is 0.398 e. The lowest BCUT2D eigenvalue weighted by atomic mass is 10.3. The maximum atomic E-state index is 6.04. The molecule has 3 aromatic heterocycles. The second kappa shape index (κ2) is 6.30. The SMILES string of the molecule is Cc1cc(Nc2nc(Sc3ccc(Cl)cc3N)cc3nccn23)n[nH]1. The van der Waals surface area contributed by atoms with Crippen molar-refractivity contribution in [2.75, 3.05) is 11.1 Å². The molecule has 0 spiro atoms. The van der Waals surface area contributed by atoms with E-state index in [0.717, 1.165) is 21.3 Å². The number of anilines is 3. The van der Waals surface area contributed by atoms with Gasteiger partial charge in [0, 0.05) is 45.8 Å². The lowest BCUT2D eigenvalue weighted by Crippen LogP contribution is -2.02. The summed E-state index contributed by atoms with van der Waals surface area (Å²) in [4.78, 5) is 9.91. The van der Waals surface area contributed by atoms with Crippen LogP contribution in [0.4, 0.5) is 17.5 Å². The molecule has 7 nitrogen and oxygen atoms in total. The summed E-state index contributed by atoms with van der Waals surface area (Å²) in [6, 6.07) is 9.22. The van der Waals surface area contributed by atoms with Crippen molar-refractivity contribution in [3.63, 3.8) is 0 Å². The van der Waals surface area contributed by atoms with E-state index in [9.17, 15) is 0 Å². The lowest BCUT2D eigenvalue weighted by Gasteiger charge is -2.09. The molecule has 0 unspecified atom stereocenters. The van der Waals surface area contributed by atoms with Gasteiger partial charge in [-0.25, -0.2) is 9.97 Å². The number of fused-ring (bicyclic) bond motifs is 1. The molecule has 0 aliphatic carbocycles. The molecule has 9 heteroatoms. The van der Waals surface area contributed by atoms with Crippen LogP contribution in [0.25, 0.3) is 5.65 Å². The van der Waals surface area contributed by atoms with Crippen LogP contribution in [0.1, 0.15) is 5.69 Å². The van der Waals surface area contributed by atoms with Crippen LogP contribution in [0.5, 0.6) is 0 Å². The van der Waals surface area contributed by atoms with Gasteiger partial charge in [-0.15, -0.1) is 0 Å². The summed E-state index contributed by atoms with van der Waals surface area (Å²) in [7, 11) is 0. The predicted molar refractivity (Wildman–Crippen MR) is 99.6 cm³/mol. The lowest BCUT2D eigenvalue weighted by molar-refractivity contribution is 0.999. The smallest absolute Gasteiger partial charge is 0.215 e. The Morgan fingerprint density at radius 2 is 2.16 bits per heavy atom. The van der Waals surface area contributed by atoms with Crippen LogP contribution in [0.3, 0.4) is 0 Å². The molecule has 126 valence electrons. The van der Waals surface area contributed by atoms with Crippen molar-refractivity contribution >= 4 is 46.5 Å². The first-order valence-electron chi connectivity index (χ1n) is 7.44. The summed E-state index contributed by atoms with van der Waals surface area (Å²) in [5, 5.41) is 11.7. The minimum absolute atomic E-state index is 0.606. The standard InChI is InChI=1S/C16H14ClN7S/c1-9-6-13(23-22-9)20-16-21-15(8-14-19-4-5-24(14)16)25-12-3-2-10(17)7-11(12)18/h2-8H,18H2,1H3,(H2,20,21,22,23). The first-order chi connectivity index (χ1) is 12.1. The zero-order valence-electron chi connectivity index (χ0n) is 13.2. The summed E-state index contributed by atoms with van der Waals surface area (Å²) < 4.78 is 1.86. The van der Waals surface area contributed by atoms with Crippen molar-refractivity contribution in [1.29, 1.82) is 0 Å². The predicted octanol–water partition coefficient (Wildman–Crippen LogP) is 3.89. The molecule has 4 rings (SSSR count). The molecule has 0 saturated carbocycles. The molecule has 0 radical (unpaired) electrons. The van der Waals surface area contributed by atoms with E-state index < -0.39 is 0 Å². The number of halogens is 1. The molecule has 0 aliphatic heterocycles. The molecule has 0 atom stereocenters. The number of benzene rings is 1. The minimum atomic E-state index is 0.606. The van der Waals surface area contributed by atoms with Gasteiger partial charge in [0.2, 0.25) is 5.95 Å². The Morgan fingerprint density at radius 1 is 1.28 bits per heavy atom. The monoisotopic (exact) mass is 371 g/mol. The van der Waals surface area contributed by atoms with Gasteiger partial charge in [0.25, 0.3) is 0 Å². The molecule has 0 saturated heterocycles. The molecule has 4 aromatic rings. The summed E-state index contributed by atoms with van der Waals surface area (Å²) in [5.74, 6) is 1.31. The number of aromatic nitrogens is 5. The maximum Gasteiger partial charge on any atom is 0.215 e. The molecule has 4 N–H and O–H groups in total. The molecular weight excluding hydrogens is 358 g/mol. The van der Waals surface area contributed by atoms with Crippen LogP contribution in [-0.4, -0.2) is 24.6 Å². The average Bonchev–Trinajstić information content (AvgIpc) is 3.19. The Kier molecular flexibility index (Phi) is 3.98. The summed E-state index contributed by atoms with van der Waals surface area (Å²) >= 11 is 7.42. The number of rotatable bonds is 4. The third-order valence-corrected chi connectivity index (χ3v) is 4.74. The number of nitrogens with one attached hydrogen (secondary N) is 2. The van der Waals surface area contributed by atoms with Crippen molar-refractivity contribution in [1.82, 2.24) is 24.6 Å². The first kappa shape index (κ1) is 15.8. The second-order valence-electron chi connectivity index (χ2n) is 5.42. The number of aromatic amines is 1. The van der Waals surface area contributed by atoms with Crippen molar-refractivity contribution in [3.8, 4) is 0 Å². The summed E-state index contributed by atoms with van der Waals surface area (Å²) in [5.41, 5.74) is 8.39. The highest BCUT2D eigenvalue weighted by Crippen LogP contribution is 2.33. The first-order valence-corrected chi connectivity index (χ1v) is 8.64. The zero-order valence-corrected chi connectivity index (χ0v) is 14.8. The van der Waals surface area contributed by atoms with E-state index in [0.29, 0.717) is 22.5 Å².